The summed E-state index contributed by atoms with van der Waals surface area (Å²) < 4.78 is 1.58. The minimum Gasteiger partial charge on any atom is -0.508 e. The number of hydrogen-bond donors (Lipinski definition) is 1. The lowest BCUT2D eigenvalue weighted by molar-refractivity contribution is -0.130. The van der Waals surface area contributed by atoms with Crippen molar-refractivity contribution >= 4 is 27.5 Å². The fraction of sp³-hybridized carbons (Fsp3) is 0.120. The predicted molar refractivity (Wildman–Crippen MR) is 118 cm³/mol. The molecule has 0 unspecified atom stereocenters. The van der Waals surface area contributed by atoms with Gasteiger partial charge in [-0.2, -0.15) is 0 Å². The summed E-state index contributed by atoms with van der Waals surface area (Å²) in [6, 6.07) is 18.8. The number of carbonyl (C=O) groups is 1. The summed E-state index contributed by atoms with van der Waals surface area (Å²) in [5.41, 5.74) is 1.64. The lowest BCUT2D eigenvalue weighted by Gasteiger charge is -2.39. The molecule has 0 spiro atoms. The first-order chi connectivity index (χ1) is 14.5. The standard InChI is InChI=1S/C25H20N2O3/c1-2-24(29)26-14-19(15-26)16-7-8-22-18(11-16)9-10-27(25(22)30)23-13-20(28)12-17-5-3-4-6-21(17)23/h2-13,19,28H,1,14-15H2. The average molecular weight is 396 g/mol. The Morgan fingerprint density at radius 1 is 1.00 bits per heavy atom. The average Bonchev–Trinajstić information content (AvgIpc) is 2.72. The highest BCUT2D eigenvalue weighted by Gasteiger charge is 2.30. The van der Waals surface area contributed by atoms with Gasteiger partial charge in [0.25, 0.3) is 5.56 Å². The summed E-state index contributed by atoms with van der Waals surface area (Å²) >= 11 is 0. The lowest BCUT2D eigenvalue weighted by Crippen LogP contribution is -2.47. The lowest BCUT2D eigenvalue weighted by atomic mass is 9.90. The van der Waals surface area contributed by atoms with E-state index in [2.05, 4.69) is 6.58 Å². The molecule has 148 valence electrons. The van der Waals surface area contributed by atoms with Crippen LogP contribution in [0.15, 0.2) is 84.3 Å². The van der Waals surface area contributed by atoms with Crippen molar-refractivity contribution < 1.29 is 9.90 Å². The highest BCUT2D eigenvalue weighted by Crippen LogP contribution is 2.30. The Morgan fingerprint density at radius 2 is 1.77 bits per heavy atom. The van der Waals surface area contributed by atoms with E-state index >= 15 is 0 Å². The molecule has 2 heterocycles. The first-order valence-corrected chi connectivity index (χ1v) is 9.84. The SMILES string of the molecule is C=CC(=O)N1CC(c2ccc3c(=O)n(-c4cc(O)cc5ccccc45)ccc3c2)C1. The predicted octanol–water partition coefficient (Wildman–Crippen LogP) is 3.96. The Hall–Kier alpha value is -3.86. The van der Waals surface area contributed by atoms with Gasteiger partial charge in [0.05, 0.1) is 5.69 Å². The molecule has 0 atom stereocenters. The van der Waals surface area contributed by atoms with Crippen molar-refractivity contribution in [2.24, 2.45) is 0 Å². The number of amides is 1. The zero-order valence-electron chi connectivity index (χ0n) is 16.3. The number of pyridine rings is 1. The van der Waals surface area contributed by atoms with Crippen LogP contribution in [0.4, 0.5) is 0 Å². The van der Waals surface area contributed by atoms with Crippen molar-refractivity contribution in [3.8, 4) is 11.4 Å². The van der Waals surface area contributed by atoms with Crippen LogP contribution in [0.3, 0.4) is 0 Å². The van der Waals surface area contributed by atoms with Crippen LogP contribution in [-0.2, 0) is 4.79 Å². The van der Waals surface area contributed by atoms with Crippen molar-refractivity contribution in [2.75, 3.05) is 13.1 Å². The van der Waals surface area contributed by atoms with E-state index in [-0.39, 0.29) is 23.1 Å². The van der Waals surface area contributed by atoms with E-state index in [9.17, 15) is 14.7 Å². The maximum absolute atomic E-state index is 13.2. The summed E-state index contributed by atoms with van der Waals surface area (Å²) in [4.78, 5) is 26.7. The molecule has 0 aliphatic carbocycles. The van der Waals surface area contributed by atoms with Crippen molar-refractivity contribution in [1.82, 2.24) is 9.47 Å². The molecule has 1 saturated heterocycles. The molecule has 0 radical (unpaired) electrons. The van der Waals surface area contributed by atoms with Gasteiger partial charge in [0.1, 0.15) is 5.75 Å². The number of carbonyl (C=O) groups excluding carboxylic acids is 1. The van der Waals surface area contributed by atoms with Gasteiger partial charge in [-0.3, -0.25) is 14.2 Å². The monoisotopic (exact) mass is 396 g/mol. The maximum Gasteiger partial charge on any atom is 0.262 e. The molecule has 4 aromatic rings. The minimum absolute atomic E-state index is 0.0479. The topological polar surface area (TPSA) is 62.5 Å². The number of likely N-dealkylation sites (tertiary alicyclic amines) is 1. The summed E-state index contributed by atoms with van der Waals surface area (Å²) in [5.74, 6) is 0.346. The van der Waals surface area contributed by atoms with Crippen molar-refractivity contribution in [3.05, 3.63) is 95.4 Å². The fourth-order valence-corrected chi connectivity index (χ4v) is 4.18. The molecule has 5 heteroatoms. The van der Waals surface area contributed by atoms with E-state index in [4.69, 9.17) is 0 Å². The molecule has 1 N–H and O–H groups in total. The smallest absolute Gasteiger partial charge is 0.262 e. The van der Waals surface area contributed by atoms with E-state index < -0.39 is 0 Å². The Balaban J connectivity index is 1.56. The van der Waals surface area contributed by atoms with Gasteiger partial charge in [-0.05, 0) is 40.6 Å². The van der Waals surface area contributed by atoms with Crippen LogP contribution in [0.2, 0.25) is 0 Å². The molecule has 3 aromatic carbocycles. The van der Waals surface area contributed by atoms with Gasteiger partial charge in [0, 0.05) is 42.0 Å². The molecule has 5 rings (SSSR count). The van der Waals surface area contributed by atoms with Gasteiger partial charge in [-0.15, -0.1) is 0 Å². The van der Waals surface area contributed by atoms with Gasteiger partial charge in [-0.1, -0.05) is 43.0 Å². The number of hydrogen-bond acceptors (Lipinski definition) is 3. The number of aromatic nitrogens is 1. The molecule has 30 heavy (non-hydrogen) atoms. The summed E-state index contributed by atoms with van der Waals surface area (Å²) in [6.07, 6.45) is 3.09. The van der Waals surface area contributed by atoms with Crippen LogP contribution < -0.4 is 5.56 Å². The summed E-state index contributed by atoms with van der Waals surface area (Å²) in [5, 5.41) is 13.4. The van der Waals surface area contributed by atoms with E-state index in [1.807, 2.05) is 48.5 Å². The van der Waals surface area contributed by atoms with Gasteiger partial charge in [0.15, 0.2) is 0 Å². The second-order valence-corrected chi connectivity index (χ2v) is 7.67. The Bertz CT molecular complexity index is 1380. The zero-order valence-corrected chi connectivity index (χ0v) is 16.3. The van der Waals surface area contributed by atoms with Crippen LogP contribution in [0.25, 0.3) is 27.2 Å². The molecule has 0 bridgehead atoms. The molecular weight excluding hydrogens is 376 g/mol. The van der Waals surface area contributed by atoms with Crippen LogP contribution in [0, 0.1) is 0 Å². The fourth-order valence-electron chi connectivity index (χ4n) is 4.18. The summed E-state index contributed by atoms with van der Waals surface area (Å²) in [6.45, 7) is 4.86. The minimum atomic E-state index is -0.133. The molecule has 1 aliphatic heterocycles. The van der Waals surface area contributed by atoms with E-state index in [1.165, 1.54) is 6.08 Å². The Morgan fingerprint density at radius 3 is 2.57 bits per heavy atom. The quantitative estimate of drug-likeness (QED) is 0.533. The van der Waals surface area contributed by atoms with Crippen LogP contribution in [0.1, 0.15) is 11.5 Å². The molecule has 1 fully saturated rings. The molecule has 1 aromatic heterocycles. The second-order valence-electron chi connectivity index (χ2n) is 7.67. The van der Waals surface area contributed by atoms with Crippen molar-refractivity contribution in [1.29, 1.82) is 0 Å². The number of fused-ring (bicyclic) bond motifs is 2. The number of nitrogens with zero attached hydrogens (tertiary/aromatic N) is 2. The number of rotatable bonds is 3. The molecule has 0 saturated carbocycles. The van der Waals surface area contributed by atoms with Crippen LogP contribution in [0.5, 0.6) is 5.75 Å². The molecule has 1 amide bonds. The van der Waals surface area contributed by atoms with Crippen LogP contribution in [-0.4, -0.2) is 33.6 Å². The second kappa shape index (κ2) is 6.88. The first kappa shape index (κ1) is 18.2. The number of benzene rings is 3. The van der Waals surface area contributed by atoms with Gasteiger partial charge in [0.2, 0.25) is 5.91 Å². The number of phenolic OH excluding ortho intramolecular Hbond substituents is 1. The first-order valence-electron chi connectivity index (χ1n) is 9.84. The Kier molecular flexibility index (Phi) is 4.17. The van der Waals surface area contributed by atoms with Crippen LogP contribution >= 0.6 is 0 Å². The third-order valence-corrected chi connectivity index (χ3v) is 5.85. The third-order valence-electron chi connectivity index (χ3n) is 5.85. The Labute approximate surface area is 173 Å². The normalized spacial score (nSPS) is 14.1. The third kappa shape index (κ3) is 2.87. The molecule has 1 aliphatic rings. The number of phenols is 1. The highest BCUT2D eigenvalue weighted by atomic mass is 16.3. The summed E-state index contributed by atoms with van der Waals surface area (Å²) in [7, 11) is 0. The van der Waals surface area contributed by atoms with Crippen molar-refractivity contribution in [3.63, 3.8) is 0 Å². The van der Waals surface area contributed by atoms with E-state index in [1.54, 1.807) is 27.8 Å². The van der Waals surface area contributed by atoms with Gasteiger partial charge in [-0.25, -0.2) is 0 Å². The van der Waals surface area contributed by atoms with Gasteiger partial charge < -0.3 is 10.0 Å². The van der Waals surface area contributed by atoms with Gasteiger partial charge >= 0.3 is 0 Å². The highest BCUT2D eigenvalue weighted by molar-refractivity contribution is 5.92. The largest absolute Gasteiger partial charge is 0.508 e. The van der Waals surface area contributed by atoms with E-state index in [0.29, 0.717) is 24.2 Å². The maximum atomic E-state index is 13.2. The van der Waals surface area contributed by atoms with E-state index in [0.717, 1.165) is 21.7 Å². The zero-order chi connectivity index (χ0) is 20.8. The molecular formula is C25H20N2O3. The molecule has 5 nitrogen and oxygen atoms in total. The number of aromatic hydroxyl groups is 1. The van der Waals surface area contributed by atoms with Crippen molar-refractivity contribution in [2.45, 2.75) is 5.92 Å².